The Morgan fingerprint density at radius 3 is 2.54 bits per heavy atom. The number of hydrogen-bond donors (Lipinski definition) is 0. The zero-order valence-corrected chi connectivity index (χ0v) is 25.6. The number of pyridine rings is 2. The minimum Gasteiger partial charge on any atom is -0.442 e. The highest BCUT2D eigenvalue weighted by Gasteiger charge is 2.21. The fourth-order valence-corrected chi connectivity index (χ4v) is 4.95. The lowest BCUT2D eigenvalue weighted by atomic mass is 10.2. The lowest BCUT2D eigenvalue weighted by molar-refractivity contribution is 0.0514. The van der Waals surface area contributed by atoms with Crippen LogP contribution in [0.4, 0.5) is 27.1 Å². The summed E-state index contributed by atoms with van der Waals surface area (Å²) in [6.07, 6.45) is 4.46. The van der Waals surface area contributed by atoms with E-state index in [1.54, 1.807) is 18.6 Å². The van der Waals surface area contributed by atoms with Crippen LogP contribution in [0.15, 0.2) is 36.8 Å². The van der Waals surface area contributed by atoms with Gasteiger partial charge in [0.2, 0.25) is 5.13 Å². The first-order valence-corrected chi connectivity index (χ1v) is 17.3. The van der Waals surface area contributed by atoms with Crippen LogP contribution in [0.25, 0.3) is 11.0 Å². The van der Waals surface area contributed by atoms with E-state index in [1.807, 2.05) is 62.7 Å². The second kappa shape index (κ2) is 11.4. The molecule has 0 spiro atoms. The van der Waals surface area contributed by atoms with E-state index in [9.17, 15) is 4.79 Å². The largest absolute Gasteiger partial charge is 0.442 e. The van der Waals surface area contributed by atoms with Crippen molar-refractivity contribution < 1.29 is 14.3 Å². The summed E-state index contributed by atoms with van der Waals surface area (Å²) in [6, 6.07) is 6.88. The predicted molar refractivity (Wildman–Crippen MR) is 157 cm³/mol. The van der Waals surface area contributed by atoms with E-state index in [4.69, 9.17) is 14.5 Å². The molecule has 0 amide bonds. The fourth-order valence-electron chi connectivity index (χ4n) is 3.51. The Balaban J connectivity index is 1.58. The minimum atomic E-state index is -1.21. The molecule has 0 aliphatic carbocycles. The second-order valence-electron chi connectivity index (χ2n) is 11.5. The number of carbonyl (C=O) groups excluding carboxylic acids is 1. The molecule has 4 rings (SSSR count). The summed E-state index contributed by atoms with van der Waals surface area (Å²) in [4.78, 5) is 25.7. The Kier molecular flexibility index (Phi) is 8.33. The van der Waals surface area contributed by atoms with E-state index in [0.29, 0.717) is 30.4 Å². The molecule has 13 heteroatoms. The number of rotatable bonds is 9. The van der Waals surface area contributed by atoms with Crippen molar-refractivity contribution in [2.45, 2.75) is 59.0 Å². The summed E-state index contributed by atoms with van der Waals surface area (Å²) in [5.41, 5.74) is 2.36. The molecule has 0 atom stereocenters. The van der Waals surface area contributed by atoms with Crippen LogP contribution in [-0.2, 0) is 9.47 Å². The summed E-state index contributed by atoms with van der Waals surface area (Å²) in [5, 5.41) is 14.3. The number of ether oxygens (including phenoxy) is 2. The Labute approximate surface area is 233 Å². The second-order valence-corrected chi connectivity index (χ2v) is 18.2. The number of carbonyl (C=O) groups is 1. The van der Waals surface area contributed by atoms with Gasteiger partial charge in [0.25, 0.3) is 0 Å². The fraction of sp³-hybridized carbons (Fsp3) is 0.462. The minimum absolute atomic E-state index is 0.328. The third-order valence-electron chi connectivity index (χ3n) is 5.67. The predicted octanol–water partition coefficient (Wildman–Crippen LogP) is 5.99. The third-order valence-corrected chi connectivity index (χ3v) is 8.24. The number of hydrogen-bond acceptors (Lipinski definition) is 11. The van der Waals surface area contributed by atoms with Crippen LogP contribution in [0, 0.1) is 6.92 Å². The van der Waals surface area contributed by atoms with E-state index in [1.165, 1.54) is 16.0 Å². The Morgan fingerprint density at radius 2 is 1.87 bits per heavy atom. The van der Waals surface area contributed by atoms with Crippen molar-refractivity contribution in [1.29, 1.82) is 0 Å². The van der Waals surface area contributed by atoms with Gasteiger partial charge >= 0.3 is 6.09 Å². The molecule has 39 heavy (non-hydrogen) atoms. The summed E-state index contributed by atoms with van der Waals surface area (Å²) < 4.78 is 12.7. The van der Waals surface area contributed by atoms with E-state index >= 15 is 0 Å². The summed E-state index contributed by atoms with van der Waals surface area (Å²) in [5.74, 6) is 0.700. The third kappa shape index (κ3) is 7.58. The Bertz CT molecular complexity index is 1440. The maximum Gasteiger partial charge on any atom is 0.435 e. The van der Waals surface area contributed by atoms with E-state index < -0.39 is 19.8 Å². The maximum absolute atomic E-state index is 12.4. The van der Waals surface area contributed by atoms with Gasteiger partial charge in [-0.25, -0.2) is 9.78 Å². The normalized spacial score (nSPS) is 12.1. The molecule has 11 nitrogen and oxygen atoms in total. The van der Waals surface area contributed by atoms with Gasteiger partial charge in [-0.15, -0.1) is 10.2 Å². The lowest BCUT2D eigenvalue weighted by Crippen LogP contribution is -2.27. The van der Waals surface area contributed by atoms with Crippen LogP contribution in [0.3, 0.4) is 0 Å². The van der Waals surface area contributed by atoms with Gasteiger partial charge in [0, 0.05) is 21.7 Å². The average molecular weight is 569 g/mol. The molecule has 0 saturated carbocycles. The highest BCUT2D eigenvalue weighted by atomic mass is 32.1. The molecule has 4 aromatic rings. The highest BCUT2D eigenvalue weighted by molar-refractivity contribution is 7.15. The van der Waals surface area contributed by atoms with Crippen LogP contribution in [0.2, 0.25) is 25.7 Å². The van der Waals surface area contributed by atoms with Gasteiger partial charge in [-0.1, -0.05) is 31.0 Å². The van der Waals surface area contributed by atoms with Crippen molar-refractivity contribution in [2.24, 2.45) is 0 Å². The highest BCUT2D eigenvalue weighted by Crippen LogP contribution is 2.30. The van der Waals surface area contributed by atoms with Gasteiger partial charge in [-0.2, -0.15) is 9.78 Å². The first-order chi connectivity index (χ1) is 18.3. The van der Waals surface area contributed by atoms with Crippen molar-refractivity contribution in [3.8, 4) is 0 Å². The zero-order chi connectivity index (χ0) is 28.4. The van der Waals surface area contributed by atoms with Gasteiger partial charge in [0.05, 0.1) is 41.0 Å². The molecular weight excluding hydrogens is 532 g/mol. The van der Waals surface area contributed by atoms with Crippen molar-refractivity contribution in [2.75, 3.05) is 30.2 Å². The van der Waals surface area contributed by atoms with Crippen LogP contribution in [0.1, 0.15) is 25.8 Å². The molecule has 0 N–H and O–H groups in total. The van der Waals surface area contributed by atoms with E-state index in [-0.39, 0.29) is 0 Å². The van der Waals surface area contributed by atoms with Crippen molar-refractivity contribution >= 4 is 58.9 Å². The lowest BCUT2D eigenvalue weighted by Gasteiger charge is -2.22. The molecule has 0 fully saturated rings. The van der Waals surface area contributed by atoms with Crippen molar-refractivity contribution in [1.82, 2.24) is 29.9 Å². The number of anilines is 4. The van der Waals surface area contributed by atoms with Gasteiger partial charge in [-0.3, -0.25) is 9.88 Å². The number of fused-ring (bicyclic) bond motifs is 1. The Hall–Kier alpha value is -3.42. The molecule has 0 unspecified atom stereocenters. The molecule has 0 aromatic carbocycles. The van der Waals surface area contributed by atoms with Gasteiger partial charge < -0.3 is 14.4 Å². The molecule has 4 aromatic heterocycles. The van der Waals surface area contributed by atoms with Crippen LogP contribution < -0.4 is 9.80 Å². The smallest absolute Gasteiger partial charge is 0.435 e. The standard InChI is InChI=1S/C26H36N8O3SSi/c1-18-30-31-24(38-18)33(17-36-11-12-39(6,7)8)23-10-9-21-22(29-23)13-19(14-27-21)32(5)20-15-28-34(16-20)25(35)37-26(2,3)4/h9-10,13-16H,11-12,17H2,1-8H3. The molecule has 0 saturated heterocycles. The summed E-state index contributed by atoms with van der Waals surface area (Å²) >= 11 is 1.49. The first kappa shape index (κ1) is 28.6. The van der Waals surface area contributed by atoms with Gasteiger partial charge in [0.15, 0.2) is 0 Å². The summed E-state index contributed by atoms with van der Waals surface area (Å²) in [7, 11) is 0.671. The molecule has 208 valence electrons. The SMILES string of the molecule is Cc1nnc(N(COCC[Si](C)(C)C)c2ccc3ncc(N(C)c4cnn(C(=O)OC(C)(C)C)c4)cc3n2)s1. The quantitative estimate of drug-likeness (QED) is 0.136. The molecule has 4 heterocycles. The van der Waals surface area contributed by atoms with E-state index in [2.05, 4.69) is 39.9 Å². The Morgan fingerprint density at radius 1 is 1.10 bits per heavy atom. The maximum atomic E-state index is 12.4. The molecular formula is C26H36N8O3SSi. The van der Waals surface area contributed by atoms with Crippen molar-refractivity contribution in [3.63, 3.8) is 0 Å². The molecule has 0 aliphatic rings. The topological polar surface area (TPSA) is 111 Å². The number of nitrogens with zero attached hydrogens (tertiary/aromatic N) is 8. The van der Waals surface area contributed by atoms with Crippen LogP contribution in [-0.4, -0.2) is 70.1 Å². The van der Waals surface area contributed by atoms with Crippen LogP contribution in [0.5, 0.6) is 0 Å². The number of aromatic nitrogens is 6. The van der Waals surface area contributed by atoms with Gasteiger partial charge in [0.1, 0.15) is 23.2 Å². The molecule has 0 radical (unpaired) electrons. The zero-order valence-electron chi connectivity index (χ0n) is 23.8. The number of aryl methyl sites for hydroxylation is 1. The summed E-state index contributed by atoms with van der Waals surface area (Å²) in [6.45, 7) is 15.4. The van der Waals surface area contributed by atoms with Crippen LogP contribution >= 0.6 is 11.3 Å². The van der Waals surface area contributed by atoms with E-state index in [0.717, 1.165) is 27.4 Å². The monoisotopic (exact) mass is 568 g/mol. The molecule has 0 bridgehead atoms. The average Bonchev–Trinajstić information content (AvgIpc) is 3.51. The van der Waals surface area contributed by atoms with Gasteiger partial charge in [-0.05, 0) is 51.9 Å². The first-order valence-electron chi connectivity index (χ1n) is 12.7. The van der Waals surface area contributed by atoms with Crippen molar-refractivity contribution in [3.05, 3.63) is 41.8 Å². The molecule has 0 aliphatic heterocycles.